The van der Waals surface area contributed by atoms with Crippen molar-refractivity contribution in [2.75, 3.05) is 39.4 Å². The van der Waals surface area contributed by atoms with Gasteiger partial charge in [-0.1, -0.05) is 12.1 Å². The summed E-state index contributed by atoms with van der Waals surface area (Å²) in [4.78, 5) is 22.0. The number of fused-ring (bicyclic) bond motifs is 1. The molecule has 0 bridgehead atoms. The van der Waals surface area contributed by atoms with E-state index in [1.165, 1.54) is 5.52 Å². The van der Waals surface area contributed by atoms with Crippen molar-refractivity contribution >= 4 is 16.9 Å². The van der Waals surface area contributed by atoms with Crippen LogP contribution in [0, 0.1) is 5.92 Å². The Labute approximate surface area is 161 Å². The van der Waals surface area contributed by atoms with Crippen LogP contribution in [0.25, 0.3) is 11.0 Å². The molecule has 0 atom stereocenters. The molecule has 6 nitrogen and oxygen atoms in total. The lowest BCUT2D eigenvalue weighted by molar-refractivity contribution is -0.141. The predicted octanol–water partition coefficient (Wildman–Crippen LogP) is 2.69. The maximum Gasteiger partial charge on any atom is 0.225 e. The van der Waals surface area contributed by atoms with Crippen LogP contribution < -0.4 is 0 Å². The molecule has 0 aliphatic carbocycles. The molecular weight excluding hydrogens is 340 g/mol. The third kappa shape index (κ3) is 3.87. The minimum atomic E-state index is 0.170. The number of ether oxygens (including phenoxy) is 1. The van der Waals surface area contributed by atoms with Gasteiger partial charge < -0.3 is 14.2 Å². The summed E-state index contributed by atoms with van der Waals surface area (Å²) >= 11 is 0. The molecule has 6 heteroatoms. The molecule has 2 aromatic rings. The first-order chi connectivity index (χ1) is 13.1. The highest BCUT2D eigenvalue weighted by Crippen LogP contribution is 2.25. The smallest absolute Gasteiger partial charge is 0.225 e. The molecule has 2 saturated heterocycles. The van der Waals surface area contributed by atoms with Crippen LogP contribution in [-0.2, 0) is 16.1 Å². The molecule has 0 radical (unpaired) electrons. The van der Waals surface area contributed by atoms with Crippen molar-refractivity contribution < 1.29 is 9.53 Å². The zero-order valence-electron chi connectivity index (χ0n) is 16.4. The molecule has 0 saturated carbocycles. The molecule has 3 heterocycles. The van der Waals surface area contributed by atoms with Crippen LogP contribution >= 0.6 is 0 Å². The molecule has 1 aromatic heterocycles. The van der Waals surface area contributed by atoms with Crippen LogP contribution in [0.1, 0.15) is 38.6 Å². The fourth-order valence-electron chi connectivity index (χ4n) is 4.36. The van der Waals surface area contributed by atoms with Crippen molar-refractivity contribution in [2.24, 2.45) is 5.92 Å². The second-order valence-corrected chi connectivity index (χ2v) is 7.97. The van der Waals surface area contributed by atoms with E-state index in [2.05, 4.69) is 41.5 Å². The first kappa shape index (κ1) is 18.4. The fourth-order valence-corrected chi connectivity index (χ4v) is 4.36. The molecule has 2 aliphatic heterocycles. The highest BCUT2D eigenvalue weighted by molar-refractivity contribution is 5.79. The number of rotatable bonds is 4. The topological polar surface area (TPSA) is 50.6 Å². The lowest BCUT2D eigenvalue weighted by Crippen LogP contribution is -2.46. The minimum absolute atomic E-state index is 0.170. The first-order valence-corrected chi connectivity index (χ1v) is 10.2. The molecule has 0 spiro atoms. The first-order valence-electron chi connectivity index (χ1n) is 10.2. The Balaban J connectivity index is 1.40. The SMILES string of the molecule is CC(C)n1c(CN2CCC(C(=O)N3CCOCC3)CC2)nc2ccccc21. The van der Waals surface area contributed by atoms with Crippen molar-refractivity contribution in [2.45, 2.75) is 39.3 Å². The Bertz CT molecular complexity index is 787. The largest absolute Gasteiger partial charge is 0.378 e. The lowest BCUT2D eigenvalue weighted by Gasteiger charge is -2.35. The number of para-hydroxylation sites is 2. The van der Waals surface area contributed by atoms with Crippen LogP contribution in [0.15, 0.2) is 24.3 Å². The summed E-state index contributed by atoms with van der Waals surface area (Å²) in [5, 5.41) is 0. The van der Waals surface area contributed by atoms with E-state index in [0.29, 0.717) is 25.2 Å². The second-order valence-electron chi connectivity index (χ2n) is 7.97. The molecule has 146 valence electrons. The maximum atomic E-state index is 12.7. The van der Waals surface area contributed by atoms with Gasteiger partial charge in [-0.25, -0.2) is 4.98 Å². The van der Waals surface area contributed by atoms with Gasteiger partial charge in [-0.3, -0.25) is 9.69 Å². The van der Waals surface area contributed by atoms with Crippen molar-refractivity contribution in [3.63, 3.8) is 0 Å². The summed E-state index contributed by atoms with van der Waals surface area (Å²) in [5.41, 5.74) is 2.28. The summed E-state index contributed by atoms with van der Waals surface area (Å²) in [6, 6.07) is 8.75. The van der Waals surface area contributed by atoms with E-state index in [-0.39, 0.29) is 5.92 Å². The van der Waals surface area contributed by atoms with Gasteiger partial charge in [-0.2, -0.15) is 0 Å². The number of imidazole rings is 1. The van der Waals surface area contributed by atoms with Gasteiger partial charge >= 0.3 is 0 Å². The maximum absolute atomic E-state index is 12.7. The van der Waals surface area contributed by atoms with Gasteiger partial charge in [0.05, 0.1) is 30.8 Å². The van der Waals surface area contributed by atoms with E-state index in [4.69, 9.17) is 9.72 Å². The Morgan fingerprint density at radius 3 is 2.56 bits per heavy atom. The molecule has 27 heavy (non-hydrogen) atoms. The van der Waals surface area contributed by atoms with E-state index in [1.807, 2.05) is 11.0 Å². The second kappa shape index (κ2) is 7.98. The van der Waals surface area contributed by atoms with Gasteiger partial charge in [-0.15, -0.1) is 0 Å². The van der Waals surface area contributed by atoms with Gasteiger partial charge in [-0.05, 0) is 51.9 Å². The number of morpholine rings is 1. The van der Waals surface area contributed by atoms with Crippen LogP contribution in [0.2, 0.25) is 0 Å². The van der Waals surface area contributed by atoms with E-state index in [0.717, 1.165) is 56.9 Å². The monoisotopic (exact) mass is 370 g/mol. The lowest BCUT2D eigenvalue weighted by atomic mass is 9.95. The number of carbonyl (C=O) groups excluding carboxylic acids is 1. The number of nitrogens with zero attached hydrogens (tertiary/aromatic N) is 4. The number of benzene rings is 1. The highest BCUT2D eigenvalue weighted by Gasteiger charge is 2.30. The molecule has 0 unspecified atom stereocenters. The van der Waals surface area contributed by atoms with Gasteiger partial charge in [0.25, 0.3) is 0 Å². The Hall–Kier alpha value is -1.92. The fraction of sp³-hybridized carbons (Fsp3) is 0.619. The number of aromatic nitrogens is 2. The third-order valence-electron chi connectivity index (χ3n) is 5.81. The summed E-state index contributed by atoms with van der Waals surface area (Å²) in [5.74, 6) is 1.62. The van der Waals surface area contributed by atoms with E-state index >= 15 is 0 Å². The molecular formula is C21H30N4O2. The third-order valence-corrected chi connectivity index (χ3v) is 5.81. The molecule has 0 N–H and O–H groups in total. The summed E-state index contributed by atoms with van der Waals surface area (Å²) in [6.07, 6.45) is 1.89. The van der Waals surface area contributed by atoms with Crippen LogP contribution in [-0.4, -0.2) is 64.7 Å². The van der Waals surface area contributed by atoms with Gasteiger partial charge in [0.15, 0.2) is 0 Å². The standard InChI is InChI=1S/C21H30N4O2/c1-16(2)25-19-6-4-3-5-18(19)22-20(25)15-23-9-7-17(8-10-23)21(26)24-11-13-27-14-12-24/h3-6,16-17H,7-15H2,1-2H3. The van der Waals surface area contributed by atoms with Crippen molar-refractivity contribution in [3.8, 4) is 0 Å². The minimum Gasteiger partial charge on any atom is -0.378 e. The number of hydrogen-bond acceptors (Lipinski definition) is 4. The Kier molecular flexibility index (Phi) is 5.45. The van der Waals surface area contributed by atoms with Crippen LogP contribution in [0.5, 0.6) is 0 Å². The average Bonchev–Trinajstić information content (AvgIpc) is 3.06. The van der Waals surface area contributed by atoms with Crippen LogP contribution in [0.3, 0.4) is 0 Å². The number of amides is 1. The number of hydrogen-bond donors (Lipinski definition) is 0. The van der Waals surface area contributed by atoms with E-state index in [9.17, 15) is 4.79 Å². The summed E-state index contributed by atoms with van der Waals surface area (Å²) in [7, 11) is 0. The normalized spacial score (nSPS) is 19.9. The number of piperidine rings is 1. The van der Waals surface area contributed by atoms with Gasteiger partial charge in [0.1, 0.15) is 5.82 Å². The predicted molar refractivity (Wildman–Crippen MR) is 106 cm³/mol. The van der Waals surface area contributed by atoms with Gasteiger partial charge in [0.2, 0.25) is 5.91 Å². The highest BCUT2D eigenvalue weighted by atomic mass is 16.5. The van der Waals surface area contributed by atoms with Gasteiger partial charge in [0, 0.05) is 25.0 Å². The summed E-state index contributed by atoms with van der Waals surface area (Å²) < 4.78 is 7.71. The summed E-state index contributed by atoms with van der Waals surface area (Å²) in [6.45, 7) is 10.0. The Morgan fingerprint density at radius 2 is 1.85 bits per heavy atom. The van der Waals surface area contributed by atoms with Crippen molar-refractivity contribution in [1.29, 1.82) is 0 Å². The van der Waals surface area contributed by atoms with Crippen LogP contribution in [0.4, 0.5) is 0 Å². The molecule has 2 fully saturated rings. The van der Waals surface area contributed by atoms with Crippen molar-refractivity contribution in [1.82, 2.24) is 19.4 Å². The zero-order chi connectivity index (χ0) is 18.8. The zero-order valence-corrected chi connectivity index (χ0v) is 16.4. The molecule has 1 amide bonds. The quantitative estimate of drug-likeness (QED) is 0.830. The number of carbonyl (C=O) groups is 1. The molecule has 4 rings (SSSR count). The average molecular weight is 370 g/mol. The van der Waals surface area contributed by atoms with E-state index in [1.54, 1.807) is 0 Å². The Morgan fingerprint density at radius 1 is 1.15 bits per heavy atom. The van der Waals surface area contributed by atoms with Crippen molar-refractivity contribution in [3.05, 3.63) is 30.1 Å². The number of likely N-dealkylation sites (tertiary alicyclic amines) is 1. The molecule has 1 aromatic carbocycles. The van der Waals surface area contributed by atoms with E-state index < -0.39 is 0 Å². The molecule has 2 aliphatic rings.